The van der Waals surface area contributed by atoms with Gasteiger partial charge >= 0.3 is 0 Å². The molecule has 1 saturated carbocycles. The van der Waals surface area contributed by atoms with Crippen molar-refractivity contribution >= 4 is 5.96 Å². The Hall–Kier alpha value is -0.990. The van der Waals surface area contributed by atoms with Crippen molar-refractivity contribution in [2.45, 2.75) is 58.3 Å². The van der Waals surface area contributed by atoms with Crippen LogP contribution in [0.1, 0.15) is 58.3 Å². The van der Waals surface area contributed by atoms with Crippen LogP contribution in [0.25, 0.3) is 0 Å². The molecule has 0 unspecified atom stereocenters. The second-order valence-corrected chi connectivity index (χ2v) is 5.78. The number of guanidine groups is 1. The number of nitrogens with zero attached hydrogens (tertiary/aromatic N) is 1. The Morgan fingerprint density at radius 3 is 2.89 bits per heavy atom. The molecule has 0 atom stereocenters. The predicted octanol–water partition coefficient (Wildman–Crippen LogP) is 3.23. The molecule has 0 bridgehead atoms. The molecule has 0 amide bonds. The standard InChI is InChI=1S/C16H29N3/c1-2-17-16(19-13-11-15-8-9-15)18-12-10-14-6-4-3-5-7-14/h6,15H,2-5,7-13H2,1H3,(H2,17,18,19). The zero-order chi connectivity index (χ0) is 13.3. The van der Waals surface area contributed by atoms with E-state index in [4.69, 9.17) is 0 Å². The summed E-state index contributed by atoms with van der Waals surface area (Å²) in [5, 5.41) is 6.79. The van der Waals surface area contributed by atoms with Crippen molar-refractivity contribution in [3.8, 4) is 0 Å². The SMILES string of the molecule is CCNC(=NCCC1CC1)NCCC1=CCCCC1. The van der Waals surface area contributed by atoms with E-state index in [1.165, 1.54) is 51.4 Å². The maximum absolute atomic E-state index is 4.65. The molecular formula is C16H29N3. The largest absolute Gasteiger partial charge is 0.357 e. The Balaban J connectivity index is 1.64. The Morgan fingerprint density at radius 2 is 2.21 bits per heavy atom. The molecule has 0 aliphatic heterocycles. The minimum Gasteiger partial charge on any atom is -0.357 e. The average Bonchev–Trinajstić information content (AvgIpc) is 3.24. The monoisotopic (exact) mass is 263 g/mol. The van der Waals surface area contributed by atoms with Gasteiger partial charge in [0.25, 0.3) is 0 Å². The molecule has 3 heteroatoms. The first-order valence-electron chi connectivity index (χ1n) is 8.08. The molecule has 0 aromatic carbocycles. The number of nitrogens with one attached hydrogen (secondary N) is 2. The van der Waals surface area contributed by atoms with Gasteiger partial charge in [0.2, 0.25) is 0 Å². The minimum atomic E-state index is 0.942. The zero-order valence-electron chi connectivity index (χ0n) is 12.4. The van der Waals surface area contributed by atoms with Gasteiger partial charge in [-0.15, -0.1) is 0 Å². The van der Waals surface area contributed by atoms with Crippen molar-refractivity contribution in [1.29, 1.82) is 0 Å². The highest BCUT2D eigenvalue weighted by molar-refractivity contribution is 5.79. The summed E-state index contributed by atoms with van der Waals surface area (Å²) in [5.41, 5.74) is 1.63. The van der Waals surface area contributed by atoms with Crippen LogP contribution in [0.15, 0.2) is 16.6 Å². The minimum absolute atomic E-state index is 0.942. The van der Waals surface area contributed by atoms with Gasteiger partial charge in [0.05, 0.1) is 0 Å². The lowest BCUT2D eigenvalue weighted by molar-refractivity contribution is 0.664. The lowest BCUT2D eigenvalue weighted by atomic mass is 9.97. The third kappa shape index (κ3) is 6.13. The fourth-order valence-corrected chi connectivity index (χ4v) is 2.58. The summed E-state index contributed by atoms with van der Waals surface area (Å²) in [6, 6.07) is 0. The van der Waals surface area contributed by atoms with Gasteiger partial charge in [-0.2, -0.15) is 0 Å². The smallest absolute Gasteiger partial charge is 0.191 e. The molecule has 1 fully saturated rings. The molecule has 3 nitrogen and oxygen atoms in total. The van der Waals surface area contributed by atoms with Crippen molar-refractivity contribution in [3.05, 3.63) is 11.6 Å². The summed E-state index contributed by atoms with van der Waals surface area (Å²) < 4.78 is 0. The molecule has 2 aliphatic rings. The molecule has 2 aliphatic carbocycles. The number of hydrogen-bond donors (Lipinski definition) is 2. The van der Waals surface area contributed by atoms with E-state index in [0.717, 1.165) is 31.5 Å². The molecule has 0 heterocycles. The third-order valence-electron chi connectivity index (χ3n) is 3.97. The van der Waals surface area contributed by atoms with Gasteiger partial charge < -0.3 is 10.6 Å². The number of allylic oxidation sites excluding steroid dienone is 1. The normalized spacial score (nSPS) is 20.1. The van der Waals surface area contributed by atoms with Gasteiger partial charge in [-0.25, -0.2) is 0 Å². The van der Waals surface area contributed by atoms with Crippen molar-refractivity contribution in [2.24, 2.45) is 10.9 Å². The van der Waals surface area contributed by atoms with E-state index in [0.29, 0.717) is 0 Å². The summed E-state index contributed by atoms with van der Waals surface area (Å²) in [4.78, 5) is 4.65. The fourth-order valence-electron chi connectivity index (χ4n) is 2.58. The van der Waals surface area contributed by atoms with E-state index in [1.54, 1.807) is 5.57 Å². The Morgan fingerprint density at radius 1 is 1.32 bits per heavy atom. The summed E-state index contributed by atoms with van der Waals surface area (Å²) >= 11 is 0. The number of hydrogen-bond acceptors (Lipinski definition) is 1. The third-order valence-corrected chi connectivity index (χ3v) is 3.97. The van der Waals surface area contributed by atoms with Gasteiger partial charge in [0, 0.05) is 19.6 Å². The van der Waals surface area contributed by atoms with Crippen LogP contribution in [0, 0.1) is 5.92 Å². The second kappa shape index (κ2) is 8.23. The Bertz CT molecular complexity index is 316. The van der Waals surface area contributed by atoms with E-state index < -0.39 is 0 Å². The first-order chi connectivity index (χ1) is 9.38. The van der Waals surface area contributed by atoms with Gasteiger partial charge in [0.15, 0.2) is 5.96 Å². The fraction of sp³-hybridized carbons (Fsp3) is 0.812. The van der Waals surface area contributed by atoms with E-state index in [1.807, 2.05) is 0 Å². The van der Waals surface area contributed by atoms with Crippen LogP contribution in [-0.2, 0) is 0 Å². The van der Waals surface area contributed by atoms with Gasteiger partial charge in [-0.05, 0) is 51.4 Å². The molecule has 19 heavy (non-hydrogen) atoms. The summed E-state index contributed by atoms with van der Waals surface area (Å²) in [6.07, 6.45) is 13.1. The average molecular weight is 263 g/mol. The van der Waals surface area contributed by atoms with E-state index >= 15 is 0 Å². The quantitative estimate of drug-likeness (QED) is 0.420. The highest BCUT2D eigenvalue weighted by atomic mass is 15.2. The van der Waals surface area contributed by atoms with Crippen LogP contribution in [0.4, 0.5) is 0 Å². The van der Waals surface area contributed by atoms with Crippen molar-refractivity contribution < 1.29 is 0 Å². The highest BCUT2D eigenvalue weighted by Crippen LogP contribution is 2.32. The molecular weight excluding hydrogens is 234 g/mol. The van der Waals surface area contributed by atoms with Gasteiger partial charge in [0.1, 0.15) is 0 Å². The van der Waals surface area contributed by atoms with Crippen molar-refractivity contribution in [2.75, 3.05) is 19.6 Å². The molecule has 2 rings (SSSR count). The van der Waals surface area contributed by atoms with E-state index in [-0.39, 0.29) is 0 Å². The topological polar surface area (TPSA) is 36.4 Å². The Labute approximate surface area is 118 Å². The van der Waals surface area contributed by atoms with Gasteiger partial charge in [-0.1, -0.05) is 24.5 Å². The van der Waals surface area contributed by atoms with Crippen LogP contribution in [0.3, 0.4) is 0 Å². The zero-order valence-corrected chi connectivity index (χ0v) is 12.4. The molecule has 108 valence electrons. The van der Waals surface area contributed by atoms with Crippen molar-refractivity contribution in [3.63, 3.8) is 0 Å². The molecule has 0 spiro atoms. The summed E-state index contributed by atoms with van der Waals surface area (Å²) in [6.45, 7) is 5.06. The molecule has 0 radical (unpaired) electrons. The van der Waals surface area contributed by atoms with E-state index in [2.05, 4.69) is 28.6 Å². The first kappa shape index (κ1) is 14.4. The van der Waals surface area contributed by atoms with E-state index in [9.17, 15) is 0 Å². The molecule has 0 aromatic rings. The maximum atomic E-state index is 4.65. The predicted molar refractivity (Wildman–Crippen MR) is 82.5 cm³/mol. The number of aliphatic imine (C=N–C) groups is 1. The summed E-state index contributed by atoms with van der Waals surface area (Å²) in [7, 11) is 0. The van der Waals surface area contributed by atoms with Crippen molar-refractivity contribution in [1.82, 2.24) is 10.6 Å². The molecule has 2 N–H and O–H groups in total. The summed E-state index contributed by atoms with van der Waals surface area (Å²) in [5.74, 6) is 1.97. The van der Waals surface area contributed by atoms with Crippen LogP contribution in [0.5, 0.6) is 0 Å². The number of rotatable bonds is 7. The van der Waals surface area contributed by atoms with Crippen LogP contribution < -0.4 is 10.6 Å². The lowest BCUT2D eigenvalue weighted by Crippen LogP contribution is -2.38. The highest BCUT2D eigenvalue weighted by Gasteiger charge is 2.20. The van der Waals surface area contributed by atoms with Crippen LogP contribution in [0.2, 0.25) is 0 Å². The molecule has 0 saturated heterocycles. The second-order valence-electron chi connectivity index (χ2n) is 5.78. The first-order valence-corrected chi connectivity index (χ1v) is 8.08. The lowest BCUT2D eigenvalue weighted by Gasteiger charge is -2.15. The molecule has 0 aromatic heterocycles. The Kier molecular flexibility index (Phi) is 6.25. The maximum Gasteiger partial charge on any atom is 0.191 e. The van der Waals surface area contributed by atoms with Crippen LogP contribution in [-0.4, -0.2) is 25.6 Å². The van der Waals surface area contributed by atoms with Gasteiger partial charge in [-0.3, -0.25) is 4.99 Å². The van der Waals surface area contributed by atoms with Crippen LogP contribution >= 0.6 is 0 Å².